The van der Waals surface area contributed by atoms with E-state index in [1.807, 2.05) is 0 Å². The molecule has 2 rings (SSSR count). The lowest BCUT2D eigenvalue weighted by atomic mass is 10.2. The SMILES string of the molecule is O=C(O)COc1ccc2c(=O)c(Cl)coc2c1. The lowest BCUT2D eigenvalue weighted by Crippen LogP contribution is -2.09. The van der Waals surface area contributed by atoms with Crippen molar-refractivity contribution in [2.24, 2.45) is 0 Å². The third-order valence-corrected chi connectivity index (χ3v) is 2.33. The molecule has 0 fully saturated rings. The molecule has 1 aromatic heterocycles. The molecule has 1 N–H and O–H groups in total. The van der Waals surface area contributed by atoms with Gasteiger partial charge in [0.1, 0.15) is 22.6 Å². The fraction of sp³-hybridized carbons (Fsp3) is 0.0909. The molecular weight excluding hydrogens is 248 g/mol. The van der Waals surface area contributed by atoms with Gasteiger partial charge in [0.2, 0.25) is 5.43 Å². The van der Waals surface area contributed by atoms with Crippen molar-refractivity contribution in [3.05, 3.63) is 39.7 Å². The van der Waals surface area contributed by atoms with Crippen molar-refractivity contribution in [2.45, 2.75) is 0 Å². The Kier molecular flexibility index (Phi) is 3.01. The minimum absolute atomic E-state index is 0.00305. The summed E-state index contributed by atoms with van der Waals surface area (Å²) in [5.41, 5.74) is -0.0417. The molecule has 0 amide bonds. The smallest absolute Gasteiger partial charge is 0.341 e. The van der Waals surface area contributed by atoms with Crippen molar-refractivity contribution in [2.75, 3.05) is 6.61 Å². The normalized spacial score (nSPS) is 10.4. The Bertz CT molecular complexity index is 631. The Morgan fingerprint density at radius 1 is 1.47 bits per heavy atom. The molecule has 2 aromatic rings. The van der Waals surface area contributed by atoms with Crippen LogP contribution in [0.2, 0.25) is 5.02 Å². The van der Waals surface area contributed by atoms with Crippen LogP contribution in [0.1, 0.15) is 0 Å². The van der Waals surface area contributed by atoms with Crippen LogP contribution in [-0.2, 0) is 4.79 Å². The zero-order chi connectivity index (χ0) is 12.4. The standard InChI is InChI=1S/C11H7ClO5/c12-8-4-17-9-3-6(16-5-10(13)14)1-2-7(9)11(8)15/h1-4H,5H2,(H,13,14). The Hall–Kier alpha value is -2.01. The molecule has 0 aliphatic rings. The summed E-state index contributed by atoms with van der Waals surface area (Å²) in [4.78, 5) is 21.9. The maximum atomic E-state index is 11.6. The number of rotatable bonds is 3. The molecule has 1 heterocycles. The quantitative estimate of drug-likeness (QED) is 0.905. The van der Waals surface area contributed by atoms with Crippen LogP contribution in [0.3, 0.4) is 0 Å². The van der Waals surface area contributed by atoms with Gasteiger partial charge < -0.3 is 14.3 Å². The fourth-order valence-electron chi connectivity index (χ4n) is 1.32. The summed E-state index contributed by atoms with van der Waals surface area (Å²) in [6, 6.07) is 4.40. The van der Waals surface area contributed by atoms with Gasteiger partial charge in [0.15, 0.2) is 6.61 Å². The molecule has 17 heavy (non-hydrogen) atoms. The zero-order valence-corrected chi connectivity index (χ0v) is 9.23. The van der Waals surface area contributed by atoms with Crippen molar-refractivity contribution < 1.29 is 19.1 Å². The van der Waals surface area contributed by atoms with Crippen LogP contribution in [0.5, 0.6) is 5.75 Å². The van der Waals surface area contributed by atoms with E-state index >= 15 is 0 Å². The van der Waals surface area contributed by atoms with E-state index in [1.165, 1.54) is 18.2 Å². The van der Waals surface area contributed by atoms with Crippen LogP contribution in [-0.4, -0.2) is 17.7 Å². The van der Waals surface area contributed by atoms with Crippen molar-refractivity contribution in [3.63, 3.8) is 0 Å². The number of carboxylic acids is 1. The summed E-state index contributed by atoms with van der Waals surface area (Å²) < 4.78 is 10.1. The number of aliphatic carboxylic acids is 1. The minimum atomic E-state index is -1.08. The van der Waals surface area contributed by atoms with Gasteiger partial charge in [0, 0.05) is 6.07 Å². The lowest BCUT2D eigenvalue weighted by molar-refractivity contribution is -0.139. The predicted molar refractivity (Wildman–Crippen MR) is 60.6 cm³/mol. The van der Waals surface area contributed by atoms with Gasteiger partial charge in [-0.05, 0) is 12.1 Å². The van der Waals surface area contributed by atoms with Gasteiger partial charge in [-0.15, -0.1) is 0 Å². The molecule has 0 saturated heterocycles. The van der Waals surface area contributed by atoms with Crippen LogP contribution in [0, 0.1) is 0 Å². The summed E-state index contributed by atoms with van der Waals surface area (Å²) in [6.07, 6.45) is 1.13. The van der Waals surface area contributed by atoms with E-state index in [1.54, 1.807) is 0 Å². The highest BCUT2D eigenvalue weighted by molar-refractivity contribution is 6.30. The van der Waals surface area contributed by atoms with Crippen LogP contribution in [0.4, 0.5) is 0 Å². The topological polar surface area (TPSA) is 76.7 Å². The fourth-order valence-corrected chi connectivity index (χ4v) is 1.47. The number of benzene rings is 1. The highest BCUT2D eigenvalue weighted by Gasteiger charge is 2.07. The van der Waals surface area contributed by atoms with E-state index in [9.17, 15) is 9.59 Å². The van der Waals surface area contributed by atoms with Gasteiger partial charge in [-0.25, -0.2) is 4.79 Å². The van der Waals surface area contributed by atoms with Crippen LogP contribution in [0.25, 0.3) is 11.0 Å². The molecule has 0 radical (unpaired) electrons. The first-order valence-electron chi connectivity index (χ1n) is 4.63. The van der Waals surface area contributed by atoms with Gasteiger partial charge in [-0.1, -0.05) is 11.6 Å². The van der Waals surface area contributed by atoms with Gasteiger partial charge in [0.05, 0.1) is 5.39 Å². The molecule has 0 saturated carbocycles. The van der Waals surface area contributed by atoms with Crippen LogP contribution >= 0.6 is 11.6 Å². The number of carboxylic acid groups (broad SMARTS) is 1. The highest BCUT2D eigenvalue weighted by atomic mass is 35.5. The Labute approximate surface area is 100 Å². The molecule has 0 atom stereocenters. The third-order valence-electron chi connectivity index (χ3n) is 2.07. The largest absolute Gasteiger partial charge is 0.482 e. The highest BCUT2D eigenvalue weighted by Crippen LogP contribution is 2.20. The molecule has 0 bridgehead atoms. The number of halogens is 1. The van der Waals surface area contributed by atoms with Crippen molar-refractivity contribution in [3.8, 4) is 5.75 Å². The van der Waals surface area contributed by atoms with Crippen molar-refractivity contribution in [1.29, 1.82) is 0 Å². The monoisotopic (exact) mass is 254 g/mol. The average molecular weight is 255 g/mol. The summed E-state index contributed by atoms with van der Waals surface area (Å²) in [5.74, 6) is -0.770. The maximum absolute atomic E-state index is 11.6. The zero-order valence-electron chi connectivity index (χ0n) is 8.47. The second kappa shape index (κ2) is 4.47. The Balaban J connectivity index is 2.42. The van der Waals surface area contributed by atoms with E-state index in [2.05, 4.69) is 0 Å². The molecule has 5 nitrogen and oxygen atoms in total. The van der Waals surface area contributed by atoms with Crippen LogP contribution < -0.4 is 10.2 Å². The molecule has 88 valence electrons. The number of fused-ring (bicyclic) bond motifs is 1. The first kappa shape index (κ1) is 11.5. The third kappa shape index (κ3) is 2.39. The molecule has 1 aromatic carbocycles. The minimum Gasteiger partial charge on any atom is -0.482 e. The molecule has 6 heteroatoms. The number of hydrogen-bond acceptors (Lipinski definition) is 4. The second-order valence-corrected chi connectivity index (χ2v) is 3.66. The van der Waals surface area contributed by atoms with E-state index in [0.29, 0.717) is 16.7 Å². The van der Waals surface area contributed by atoms with Gasteiger partial charge in [0.25, 0.3) is 0 Å². The first-order valence-corrected chi connectivity index (χ1v) is 5.01. The summed E-state index contributed by atoms with van der Waals surface area (Å²) >= 11 is 5.61. The van der Waals surface area contributed by atoms with Gasteiger partial charge in [-0.3, -0.25) is 4.79 Å². The molecule has 0 spiro atoms. The van der Waals surface area contributed by atoms with Crippen molar-refractivity contribution in [1.82, 2.24) is 0 Å². The first-order chi connectivity index (χ1) is 8.08. The molecule has 0 aliphatic carbocycles. The molecular formula is C11H7ClO5. The summed E-state index contributed by atoms with van der Waals surface area (Å²) in [7, 11) is 0. The van der Waals surface area contributed by atoms with Gasteiger partial charge >= 0.3 is 5.97 Å². The van der Waals surface area contributed by atoms with Crippen molar-refractivity contribution >= 4 is 28.5 Å². The van der Waals surface area contributed by atoms with E-state index < -0.39 is 12.6 Å². The van der Waals surface area contributed by atoms with Gasteiger partial charge in [-0.2, -0.15) is 0 Å². The maximum Gasteiger partial charge on any atom is 0.341 e. The summed E-state index contributed by atoms with van der Waals surface area (Å²) in [6.45, 7) is -0.455. The number of hydrogen-bond donors (Lipinski definition) is 1. The molecule has 0 aliphatic heterocycles. The number of carbonyl (C=O) groups is 1. The van der Waals surface area contributed by atoms with E-state index in [0.717, 1.165) is 6.26 Å². The number of ether oxygens (including phenoxy) is 1. The predicted octanol–water partition coefficient (Wildman–Crippen LogP) is 1.91. The van der Waals surface area contributed by atoms with E-state index in [4.69, 9.17) is 25.9 Å². The average Bonchev–Trinajstić information content (AvgIpc) is 2.31. The van der Waals surface area contributed by atoms with Crippen LogP contribution in [0.15, 0.2) is 33.7 Å². The Morgan fingerprint density at radius 2 is 2.24 bits per heavy atom. The summed E-state index contributed by atoms with van der Waals surface area (Å²) in [5, 5.41) is 8.77. The second-order valence-electron chi connectivity index (χ2n) is 3.25. The Morgan fingerprint density at radius 3 is 2.94 bits per heavy atom. The molecule has 0 unspecified atom stereocenters. The van der Waals surface area contributed by atoms with E-state index in [-0.39, 0.29) is 10.5 Å². The lowest BCUT2D eigenvalue weighted by Gasteiger charge is -2.03.